The third kappa shape index (κ3) is 82.5. The van der Waals surface area contributed by atoms with E-state index in [0.717, 1.165) is 18.4 Å². The van der Waals surface area contributed by atoms with Crippen LogP contribution >= 0.6 is 0 Å². The Morgan fingerprint density at radius 1 is 1.04 bits per heavy atom. The summed E-state index contributed by atoms with van der Waals surface area (Å²) in [4.78, 5) is 39.4. The molecule has 0 aromatic carbocycles. The number of hydrogen-bond acceptors (Lipinski definition) is 7. The molecule has 0 atom stereocenters. The molecule has 0 aliphatic heterocycles. The molecule has 0 radical (unpaired) electrons. The molecule has 8 nitrogen and oxygen atoms in total. The van der Waals surface area contributed by atoms with E-state index in [9.17, 15) is 19.2 Å². The number of ketones is 1. The highest BCUT2D eigenvalue weighted by Crippen LogP contribution is 1.80. The lowest BCUT2D eigenvalue weighted by Crippen LogP contribution is -2.00. The predicted molar refractivity (Wildman–Crippen MR) is 84.5 cm³/mol. The molecule has 0 bridgehead atoms. The number of aliphatic hydroxyl groups is 1. The lowest BCUT2D eigenvalue weighted by atomic mass is 10.5. The van der Waals surface area contributed by atoms with Crippen molar-refractivity contribution < 1.29 is 38.9 Å². The number of aliphatic hydroxyl groups excluding tert-OH is 1. The van der Waals surface area contributed by atoms with Gasteiger partial charge in [-0.05, 0) is 27.7 Å². The summed E-state index contributed by atoms with van der Waals surface area (Å²) in [7, 11) is 0. The van der Waals surface area contributed by atoms with E-state index in [4.69, 9.17) is 10.2 Å². The first-order valence-electron chi connectivity index (χ1n) is 6.52. The van der Waals surface area contributed by atoms with E-state index in [1.54, 1.807) is 13.8 Å². The van der Waals surface area contributed by atoms with Gasteiger partial charge >= 0.3 is 17.9 Å². The minimum atomic E-state index is -1.16. The molecule has 0 aliphatic carbocycles. The second-order valence-electron chi connectivity index (χ2n) is 3.42. The monoisotopic (exact) mass is 334 g/mol. The first-order valence-corrected chi connectivity index (χ1v) is 6.52. The zero-order valence-electron chi connectivity index (χ0n) is 14.2. The topological polar surface area (TPSA) is 127 Å². The fraction of sp³-hybridized carbons (Fsp3) is 0.467. The summed E-state index contributed by atoms with van der Waals surface area (Å²) >= 11 is 0. The fourth-order valence-electron chi connectivity index (χ4n) is 0.447. The van der Waals surface area contributed by atoms with Crippen LogP contribution in [0.3, 0.4) is 0 Å². The number of esters is 2. The van der Waals surface area contributed by atoms with E-state index in [1.807, 2.05) is 0 Å². The van der Waals surface area contributed by atoms with E-state index in [2.05, 4.69) is 16.1 Å². The van der Waals surface area contributed by atoms with Crippen LogP contribution in [0, 0.1) is 0 Å². The number of Topliss-reactive ketones (excluding diaryl/α,β-unsaturated/α-hetero) is 1. The van der Waals surface area contributed by atoms with Crippen molar-refractivity contribution in [3.63, 3.8) is 0 Å². The molecule has 0 saturated carbocycles. The van der Waals surface area contributed by atoms with Crippen molar-refractivity contribution in [3.05, 3.63) is 25.0 Å². The number of rotatable bonds is 4. The number of ether oxygens (including phenoxy) is 2. The zero-order valence-corrected chi connectivity index (χ0v) is 14.2. The van der Waals surface area contributed by atoms with Crippen molar-refractivity contribution in [2.24, 2.45) is 0 Å². The quantitative estimate of drug-likeness (QED) is 0.449. The molecule has 0 aliphatic rings. The second-order valence-corrected chi connectivity index (χ2v) is 3.42. The molecule has 0 heterocycles. The lowest BCUT2D eigenvalue weighted by molar-refractivity contribution is -0.138. The minimum Gasteiger partial charge on any atom is -0.478 e. The second kappa shape index (κ2) is 24.5. The maximum Gasteiger partial charge on any atom is 0.330 e. The smallest absolute Gasteiger partial charge is 0.330 e. The maximum absolute atomic E-state index is 10.4. The summed E-state index contributed by atoms with van der Waals surface area (Å²) in [6.07, 6.45) is 2.70. The molecule has 0 rings (SSSR count). The van der Waals surface area contributed by atoms with Crippen molar-refractivity contribution in [1.82, 2.24) is 0 Å². The lowest BCUT2D eigenvalue weighted by Gasteiger charge is -1.92. The van der Waals surface area contributed by atoms with Crippen molar-refractivity contribution in [2.45, 2.75) is 34.6 Å². The molecule has 0 spiro atoms. The van der Waals surface area contributed by atoms with E-state index in [0.29, 0.717) is 0 Å². The molecule has 0 saturated heterocycles. The van der Waals surface area contributed by atoms with Crippen LogP contribution in [0.5, 0.6) is 0 Å². The zero-order chi connectivity index (χ0) is 19.3. The van der Waals surface area contributed by atoms with Crippen molar-refractivity contribution >= 4 is 23.7 Å². The number of carboxylic acid groups (broad SMARTS) is 1. The van der Waals surface area contributed by atoms with Crippen molar-refractivity contribution in [2.75, 3.05) is 13.2 Å². The molecule has 134 valence electrons. The van der Waals surface area contributed by atoms with Gasteiger partial charge < -0.3 is 24.5 Å². The van der Waals surface area contributed by atoms with Crippen molar-refractivity contribution in [3.8, 4) is 0 Å². The number of hydrogen-bond donors (Lipinski definition) is 2. The first-order chi connectivity index (χ1) is 10.6. The van der Waals surface area contributed by atoms with Crippen LogP contribution < -0.4 is 0 Å². The summed E-state index contributed by atoms with van der Waals surface area (Å²) in [5.41, 5.74) is 0. The van der Waals surface area contributed by atoms with E-state index >= 15 is 0 Å². The van der Waals surface area contributed by atoms with Gasteiger partial charge in [0.15, 0.2) is 0 Å². The molecular weight excluding hydrogens is 308 g/mol. The Labute approximate surface area is 136 Å². The number of carbonyl (C=O) groups excluding carboxylic acids is 3. The van der Waals surface area contributed by atoms with Gasteiger partial charge in [-0.3, -0.25) is 4.79 Å². The average Bonchev–Trinajstić information content (AvgIpc) is 2.37. The number of carboxylic acids is 1. The normalized spacial score (nSPS) is 7.91. The highest BCUT2D eigenvalue weighted by molar-refractivity contribution is 5.90. The van der Waals surface area contributed by atoms with Crippen LogP contribution in [0.4, 0.5) is 0 Å². The van der Waals surface area contributed by atoms with Crippen LogP contribution in [0.2, 0.25) is 0 Å². The Balaban J connectivity index is -0.000000118. The van der Waals surface area contributed by atoms with Gasteiger partial charge in [-0.15, -0.1) is 0 Å². The van der Waals surface area contributed by atoms with Gasteiger partial charge in [0.1, 0.15) is 5.78 Å². The van der Waals surface area contributed by atoms with Crippen LogP contribution in [-0.2, 0) is 28.7 Å². The van der Waals surface area contributed by atoms with Crippen molar-refractivity contribution in [1.29, 1.82) is 0 Å². The van der Waals surface area contributed by atoms with E-state index in [1.165, 1.54) is 20.8 Å². The van der Waals surface area contributed by atoms with E-state index < -0.39 is 11.9 Å². The predicted octanol–water partition coefficient (Wildman–Crippen LogP) is 1.48. The Kier molecular flexibility index (Phi) is 30.6. The summed E-state index contributed by atoms with van der Waals surface area (Å²) < 4.78 is 8.57. The fourth-order valence-corrected chi connectivity index (χ4v) is 0.447. The summed E-state index contributed by atoms with van der Waals surface area (Å²) in [5, 5.41) is 15.6. The highest BCUT2D eigenvalue weighted by Gasteiger charge is 1.94. The van der Waals surface area contributed by atoms with Crippen LogP contribution in [0.15, 0.2) is 25.0 Å². The van der Waals surface area contributed by atoms with Gasteiger partial charge in [0.05, 0.1) is 12.9 Å². The van der Waals surface area contributed by atoms with Gasteiger partial charge in [-0.2, -0.15) is 0 Å². The molecule has 0 fully saturated rings. The van der Waals surface area contributed by atoms with Gasteiger partial charge in [-0.1, -0.05) is 6.58 Å². The summed E-state index contributed by atoms with van der Waals surface area (Å²) in [6, 6.07) is 0. The van der Waals surface area contributed by atoms with Gasteiger partial charge in [0.2, 0.25) is 0 Å². The third-order valence-corrected chi connectivity index (χ3v) is 0.898. The van der Waals surface area contributed by atoms with Crippen LogP contribution in [0.25, 0.3) is 0 Å². The SMILES string of the molecule is C=COC(C)=O.CC(C)=O.CCO.CCOC(=O)/C=C\C(=O)O. The molecule has 8 heteroatoms. The number of aliphatic carboxylic acids is 1. The molecule has 0 amide bonds. The summed E-state index contributed by atoms with van der Waals surface area (Å²) in [6.45, 7) is 11.4. The first kappa shape index (κ1) is 28.6. The number of carbonyl (C=O) groups is 4. The molecule has 23 heavy (non-hydrogen) atoms. The molecule has 0 aromatic rings. The Morgan fingerprint density at radius 3 is 1.61 bits per heavy atom. The molecular formula is C15H26O8. The largest absolute Gasteiger partial charge is 0.478 e. The average molecular weight is 334 g/mol. The van der Waals surface area contributed by atoms with Crippen LogP contribution in [0.1, 0.15) is 34.6 Å². The van der Waals surface area contributed by atoms with Crippen LogP contribution in [-0.4, -0.2) is 47.1 Å². The molecule has 0 aromatic heterocycles. The Bertz CT molecular complexity index is 368. The van der Waals surface area contributed by atoms with E-state index in [-0.39, 0.29) is 25.0 Å². The van der Waals surface area contributed by atoms with Gasteiger partial charge in [-0.25, -0.2) is 9.59 Å². The van der Waals surface area contributed by atoms with Gasteiger partial charge in [0, 0.05) is 25.7 Å². The summed E-state index contributed by atoms with van der Waals surface area (Å²) in [5.74, 6) is -1.96. The van der Waals surface area contributed by atoms with Gasteiger partial charge in [0.25, 0.3) is 0 Å². The maximum atomic E-state index is 10.4. The minimum absolute atomic E-state index is 0.167. The third-order valence-electron chi connectivity index (χ3n) is 0.898. The Morgan fingerprint density at radius 2 is 1.43 bits per heavy atom. The molecule has 0 unspecified atom stereocenters. The standard InChI is InChI=1S/C6H8O4.C4H6O2.C3H6O.C2H6O/c1-2-10-6(9)4-3-5(7)8;1-3-6-4(2)5;1-3(2)4;1-2-3/h3-4H,2H2,1H3,(H,7,8);3H,1H2,2H3;1-2H3;3H,2H2,1H3/b4-3-;;;. The highest BCUT2D eigenvalue weighted by atomic mass is 16.5. The molecule has 2 N–H and O–H groups in total. The Hall–Kier alpha value is -2.48.